The Bertz CT molecular complexity index is 660. The highest BCUT2D eigenvalue weighted by Crippen LogP contribution is 2.33. The van der Waals surface area contributed by atoms with E-state index in [-0.39, 0.29) is 29.5 Å². The molecule has 0 N–H and O–H groups in total. The van der Waals surface area contributed by atoms with Gasteiger partial charge in [0.1, 0.15) is 0 Å². The highest BCUT2D eigenvalue weighted by molar-refractivity contribution is 7.91. The fourth-order valence-corrected chi connectivity index (χ4v) is 5.23. The fourth-order valence-electron chi connectivity index (χ4n) is 3.43. The van der Waals surface area contributed by atoms with Crippen LogP contribution in [0.3, 0.4) is 0 Å². The number of sulfone groups is 1. The zero-order valence-corrected chi connectivity index (χ0v) is 14.3. The number of hydrogen-bond acceptors (Lipinski definition) is 4. The highest BCUT2D eigenvalue weighted by atomic mass is 32.2. The summed E-state index contributed by atoms with van der Waals surface area (Å²) >= 11 is 0. The molecule has 6 heteroatoms. The maximum atomic E-state index is 12.4. The topological polar surface area (TPSA) is 57.7 Å². The molecule has 5 nitrogen and oxygen atoms in total. The molecule has 126 valence electrons. The van der Waals surface area contributed by atoms with Crippen molar-refractivity contribution in [2.45, 2.75) is 31.3 Å². The number of hydrogen-bond donors (Lipinski definition) is 0. The summed E-state index contributed by atoms with van der Waals surface area (Å²) in [6.45, 7) is 1.44. The molecule has 2 aliphatic rings. The van der Waals surface area contributed by atoms with E-state index in [9.17, 15) is 13.2 Å². The first-order valence-corrected chi connectivity index (χ1v) is 10.0. The Morgan fingerprint density at radius 1 is 1.26 bits per heavy atom. The van der Waals surface area contributed by atoms with Crippen LogP contribution in [0.15, 0.2) is 30.3 Å². The summed E-state index contributed by atoms with van der Waals surface area (Å²) in [6, 6.07) is 10.4. The molecule has 1 aromatic rings. The van der Waals surface area contributed by atoms with Crippen LogP contribution < -0.4 is 0 Å². The van der Waals surface area contributed by atoms with Gasteiger partial charge in [-0.25, -0.2) is 8.42 Å². The average molecular weight is 336 g/mol. The molecule has 1 amide bonds. The molecular weight excluding hydrogens is 312 g/mol. The third-order valence-electron chi connectivity index (χ3n) is 5.03. The van der Waals surface area contributed by atoms with Gasteiger partial charge in [-0.15, -0.1) is 0 Å². The van der Waals surface area contributed by atoms with Crippen LogP contribution in [-0.2, 0) is 14.6 Å². The van der Waals surface area contributed by atoms with E-state index in [1.807, 2.05) is 35.0 Å². The van der Waals surface area contributed by atoms with E-state index in [2.05, 4.69) is 12.1 Å². The molecule has 3 rings (SSSR count). The third-order valence-corrected chi connectivity index (χ3v) is 6.78. The molecule has 2 aliphatic heterocycles. The summed E-state index contributed by atoms with van der Waals surface area (Å²) in [5, 5.41) is 0. The van der Waals surface area contributed by atoms with Crippen LogP contribution in [0.1, 0.15) is 30.9 Å². The fraction of sp³-hybridized carbons (Fsp3) is 0.588. The predicted molar refractivity (Wildman–Crippen MR) is 89.8 cm³/mol. The predicted octanol–water partition coefficient (Wildman–Crippen LogP) is 1.47. The van der Waals surface area contributed by atoms with Crippen molar-refractivity contribution < 1.29 is 13.2 Å². The second-order valence-electron chi connectivity index (χ2n) is 6.59. The van der Waals surface area contributed by atoms with E-state index in [0.29, 0.717) is 19.4 Å². The van der Waals surface area contributed by atoms with Crippen molar-refractivity contribution in [1.29, 1.82) is 0 Å². The highest BCUT2D eigenvalue weighted by Gasteiger charge is 2.34. The standard InChI is InChI=1S/C17H24N2O3S/c1-18(15-9-12-23(21,22)13-15)10-8-17(20)19-11-7-16(19)14-5-3-2-4-6-14/h2-6,15-16H,7-13H2,1H3/t15-,16+/m1/s1. The van der Waals surface area contributed by atoms with E-state index in [1.165, 1.54) is 5.56 Å². The number of nitrogens with zero attached hydrogens (tertiary/aromatic N) is 2. The maximum Gasteiger partial charge on any atom is 0.224 e. The number of carbonyl (C=O) groups excluding carboxylic acids is 1. The van der Waals surface area contributed by atoms with Gasteiger partial charge in [-0.05, 0) is 25.5 Å². The maximum absolute atomic E-state index is 12.4. The average Bonchev–Trinajstić information content (AvgIpc) is 2.85. The summed E-state index contributed by atoms with van der Waals surface area (Å²) < 4.78 is 23.1. The summed E-state index contributed by atoms with van der Waals surface area (Å²) in [6.07, 6.45) is 2.16. The van der Waals surface area contributed by atoms with Crippen LogP contribution in [0, 0.1) is 0 Å². The Kier molecular flexibility index (Phi) is 4.73. The zero-order valence-electron chi connectivity index (χ0n) is 13.5. The first-order valence-electron chi connectivity index (χ1n) is 8.21. The molecule has 1 aromatic carbocycles. The van der Waals surface area contributed by atoms with Gasteiger partial charge in [-0.1, -0.05) is 30.3 Å². The van der Waals surface area contributed by atoms with Crippen LogP contribution >= 0.6 is 0 Å². The second kappa shape index (κ2) is 6.61. The molecule has 0 aromatic heterocycles. The monoisotopic (exact) mass is 336 g/mol. The van der Waals surface area contributed by atoms with E-state index < -0.39 is 9.84 Å². The summed E-state index contributed by atoms with van der Waals surface area (Å²) in [4.78, 5) is 16.4. The molecule has 2 atom stereocenters. The van der Waals surface area contributed by atoms with Crippen molar-refractivity contribution in [2.75, 3.05) is 31.6 Å². The number of amides is 1. The van der Waals surface area contributed by atoms with Gasteiger partial charge in [-0.3, -0.25) is 4.79 Å². The minimum Gasteiger partial charge on any atom is -0.335 e. The first kappa shape index (κ1) is 16.5. The van der Waals surface area contributed by atoms with Crippen molar-refractivity contribution in [2.24, 2.45) is 0 Å². The second-order valence-corrected chi connectivity index (χ2v) is 8.82. The smallest absolute Gasteiger partial charge is 0.224 e. The minimum atomic E-state index is -2.87. The molecular formula is C17H24N2O3S. The first-order chi connectivity index (χ1) is 11.0. The Labute approximate surface area is 138 Å². The van der Waals surface area contributed by atoms with Crippen LogP contribution in [0.2, 0.25) is 0 Å². The van der Waals surface area contributed by atoms with Crippen molar-refractivity contribution in [1.82, 2.24) is 9.80 Å². The summed E-state index contributed by atoms with van der Waals surface area (Å²) in [5.41, 5.74) is 1.20. The van der Waals surface area contributed by atoms with Gasteiger partial charge in [0.25, 0.3) is 0 Å². The number of likely N-dealkylation sites (tertiary alicyclic amines) is 1. The Morgan fingerprint density at radius 3 is 2.57 bits per heavy atom. The van der Waals surface area contributed by atoms with Gasteiger partial charge in [-0.2, -0.15) is 0 Å². The van der Waals surface area contributed by atoms with E-state index >= 15 is 0 Å². The molecule has 0 unspecified atom stereocenters. The molecule has 0 spiro atoms. The number of benzene rings is 1. The van der Waals surface area contributed by atoms with Gasteiger partial charge in [0.15, 0.2) is 9.84 Å². The van der Waals surface area contributed by atoms with Crippen LogP contribution in [0.25, 0.3) is 0 Å². The Hall–Kier alpha value is -1.40. The Morgan fingerprint density at radius 2 is 2.00 bits per heavy atom. The molecule has 0 bridgehead atoms. The van der Waals surface area contributed by atoms with Gasteiger partial charge in [0.05, 0.1) is 17.5 Å². The third kappa shape index (κ3) is 3.75. The summed E-state index contributed by atoms with van der Waals surface area (Å²) in [5.74, 6) is 0.671. The largest absolute Gasteiger partial charge is 0.335 e. The molecule has 2 heterocycles. The van der Waals surface area contributed by atoms with E-state index in [1.54, 1.807) is 0 Å². The Balaban J connectivity index is 1.50. The molecule has 0 saturated carbocycles. The lowest BCUT2D eigenvalue weighted by Crippen LogP contribution is -2.46. The SMILES string of the molecule is CN(CCC(=O)N1CC[C@H]1c1ccccc1)[C@@H]1CCS(=O)(=O)C1. The minimum absolute atomic E-state index is 0.0640. The van der Waals surface area contributed by atoms with Crippen LogP contribution in [-0.4, -0.2) is 61.8 Å². The molecule has 2 fully saturated rings. The van der Waals surface area contributed by atoms with Crippen molar-refractivity contribution >= 4 is 15.7 Å². The normalized spacial score (nSPS) is 26.3. The van der Waals surface area contributed by atoms with Gasteiger partial charge in [0, 0.05) is 25.6 Å². The van der Waals surface area contributed by atoms with Crippen molar-refractivity contribution in [3.05, 3.63) is 35.9 Å². The van der Waals surface area contributed by atoms with Crippen LogP contribution in [0.5, 0.6) is 0 Å². The summed E-state index contributed by atoms with van der Waals surface area (Å²) in [7, 11) is -0.950. The van der Waals surface area contributed by atoms with E-state index in [0.717, 1.165) is 13.0 Å². The van der Waals surface area contributed by atoms with Crippen molar-refractivity contribution in [3.63, 3.8) is 0 Å². The number of carbonyl (C=O) groups is 1. The lowest BCUT2D eigenvalue weighted by atomic mass is 9.94. The van der Waals surface area contributed by atoms with E-state index in [4.69, 9.17) is 0 Å². The number of rotatable bonds is 5. The molecule has 23 heavy (non-hydrogen) atoms. The van der Waals surface area contributed by atoms with Gasteiger partial charge < -0.3 is 9.80 Å². The lowest BCUT2D eigenvalue weighted by Gasteiger charge is -2.41. The molecule has 0 aliphatic carbocycles. The van der Waals surface area contributed by atoms with Gasteiger partial charge in [0.2, 0.25) is 5.91 Å². The van der Waals surface area contributed by atoms with Gasteiger partial charge >= 0.3 is 0 Å². The van der Waals surface area contributed by atoms with Crippen LogP contribution in [0.4, 0.5) is 0 Å². The quantitative estimate of drug-likeness (QED) is 0.817. The zero-order chi connectivity index (χ0) is 16.4. The molecule has 0 radical (unpaired) electrons. The van der Waals surface area contributed by atoms with Crippen molar-refractivity contribution in [3.8, 4) is 0 Å². The molecule has 2 saturated heterocycles. The lowest BCUT2D eigenvalue weighted by molar-refractivity contribution is -0.139.